The molecule has 0 spiro atoms. The molecule has 2 aromatic rings. The molecule has 1 aliphatic rings. The monoisotopic (exact) mass is 431 g/mol. The molecule has 0 saturated heterocycles. The zero-order valence-corrected chi connectivity index (χ0v) is 16.4. The molecule has 0 saturated carbocycles. The van der Waals surface area contributed by atoms with Gasteiger partial charge in [0, 0.05) is 12.7 Å². The predicted octanol–water partition coefficient (Wildman–Crippen LogP) is 5.21. The lowest BCUT2D eigenvalue weighted by Crippen LogP contribution is -2.18. The lowest BCUT2D eigenvalue weighted by molar-refractivity contribution is -0.141. The number of nitrogens with zero attached hydrogens (tertiary/aromatic N) is 2. The highest BCUT2D eigenvalue weighted by atomic mass is 79.9. The summed E-state index contributed by atoms with van der Waals surface area (Å²) in [6, 6.07) is 5.82. The maximum atomic E-state index is 13.3. The van der Waals surface area contributed by atoms with Gasteiger partial charge in [0.2, 0.25) is 0 Å². The van der Waals surface area contributed by atoms with Gasteiger partial charge in [-0.3, -0.25) is 4.68 Å². The molecule has 0 bridgehead atoms. The van der Waals surface area contributed by atoms with Crippen molar-refractivity contribution in [2.45, 2.75) is 38.3 Å². The molecule has 0 unspecified atom stereocenters. The number of rotatable bonds is 2. The molecule has 0 atom stereocenters. The second-order valence-corrected chi connectivity index (χ2v) is 7.96. The summed E-state index contributed by atoms with van der Waals surface area (Å²) >= 11 is 8.45. The normalized spacial score (nSPS) is 16.0. The molecule has 134 valence electrons. The fourth-order valence-corrected chi connectivity index (χ4v) is 4.17. The largest absolute Gasteiger partial charge is 0.435 e. The minimum atomic E-state index is -4.58. The number of hydrogen-bond acceptors (Lipinski definition) is 2. The summed E-state index contributed by atoms with van der Waals surface area (Å²) < 4.78 is 41.2. The fraction of sp³-hybridized carbons (Fsp3) is 0.412. The molecule has 3 rings (SSSR count). The second-order valence-electron chi connectivity index (χ2n) is 6.81. The molecule has 1 aromatic heterocycles. The van der Waals surface area contributed by atoms with Gasteiger partial charge in [-0.2, -0.15) is 18.3 Å². The second kappa shape index (κ2) is 6.09. The highest BCUT2D eigenvalue weighted by Crippen LogP contribution is 2.42. The highest BCUT2D eigenvalue weighted by Gasteiger charge is 2.40. The smallest absolute Gasteiger partial charge is 0.346 e. The summed E-state index contributed by atoms with van der Waals surface area (Å²) in [4.78, 5) is 0.00501. The van der Waals surface area contributed by atoms with Crippen LogP contribution < -0.4 is 5.32 Å². The molecule has 3 nitrogen and oxygen atoms in total. The molecule has 8 heteroatoms. The predicted molar refractivity (Wildman–Crippen MR) is 99.0 cm³/mol. The number of halogens is 4. The molecule has 0 fully saturated rings. The Morgan fingerprint density at radius 2 is 2.04 bits per heavy atom. The van der Waals surface area contributed by atoms with Crippen molar-refractivity contribution in [2.75, 3.05) is 5.32 Å². The number of aromatic nitrogens is 2. The van der Waals surface area contributed by atoms with Gasteiger partial charge in [-0.1, -0.05) is 38.2 Å². The first kappa shape index (κ1) is 18.4. The number of nitrogens with one attached hydrogen (secondary N) is 1. The molecule has 0 amide bonds. The Labute approximate surface area is 157 Å². The van der Waals surface area contributed by atoms with Crippen LogP contribution in [0.15, 0.2) is 22.8 Å². The lowest BCUT2D eigenvalue weighted by Gasteiger charge is -2.20. The number of hydrogen-bond donors (Lipinski definition) is 1. The Balaban J connectivity index is 2.00. The fourth-order valence-electron chi connectivity index (χ4n) is 3.27. The molecular weight excluding hydrogens is 415 g/mol. The zero-order valence-electron chi connectivity index (χ0n) is 14.0. The van der Waals surface area contributed by atoms with Crippen LogP contribution in [0.25, 0.3) is 0 Å². The van der Waals surface area contributed by atoms with E-state index < -0.39 is 11.9 Å². The molecule has 1 N–H and O–H groups in total. The standard InChI is InChI=1S/C17H17BrF3N3S/c1-16(2)8-7-9-10(16)5-4-6-11(9)22-15(25)12-13(17(19,20)21)23-24(3)14(12)18/h4-6H,7-8H2,1-3H3,(H,22,25). The minimum absolute atomic E-state index is 0.00501. The van der Waals surface area contributed by atoms with Crippen LogP contribution in [-0.2, 0) is 25.1 Å². The molecule has 0 radical (unpaired) electrons. The number of aryl methyl sites for hydroxylation is 1. The van der Waals surface area contributed by atoms with Crippen LogP contribution in [-0.4, -0.2) is 14.8 Å². The summed E-state index contributed by atoms with van der Waals surface area (Å²) in [7, 11) is 1.44. The quantitative estimate of drug-likeness (QED) is 0.661. The molecular formula is C17H17BrF3N3S. The van der Waals surface area contributed by atoms with Gasteiger partial charge >= 0.3 is 6.18 Å². The third kappa shape index (κ3) is 3.21. The third-order valence-electron chi connectivity index (χ3n) is 4.63. The van der Waals surface area contributed by atoms with Crippen LogP contribution in [0.1, 0.15) is 42.7 Å². The van der Waals surface area contributed by atoms with Gasteiger partial charge in [0.1, 0.15) is 9.59 Å². The number of alkyl halides is 3. The Hall–Kier alpha value is -1.41. The number of fused-ring (bicyclic) bond motifs is 1. The van der Waals surface area contributed by atoms with Crippen molar-refractivity contribution in [3.8, 4) is 0 Å². The van der Waals surface area contributed by atoms with Gasteiger partial charge in [0.05, 0.1) is 5.56 Å². The lowest BCUT2D eigenvalue weighted by atomic mass is 9.86. The van der Waals surface area contributed by atoms with Crippen LogP contribution >= 0.6 is 28.1 Å². The van der Waals surface area contributed by atoms with Crippen molar-refractivity contribution in [2.24, 2.45) is 7.05 Å². The van der Waals surface area contributed by atoms with E-state index in [2.05, 4.69) is 46.3 Å². The summed E-state index contributed by atoms with van der Waals surface area (Å²) in [5, 5.41) is 6.57. The van der Waals surface area contributed by atoms with E-state index in [1.165, 1.54) is 12.6 Å². The first-order valence-electron chi connectivity index (χ1n) is 7.76. The molecule has 1 aliphatic carbocycles. The Morgan fingerprint density at radius 1 is 1.36 bits per heavy atom. The number of anilines is 1. The van der Waals surface area contributed by atoms with Crippen molar-refractivity contribution in [1.29, 1.82) is 0 Å². The van der Waals surface area contributed by atoms with Gasteiger partial charge in [-0.15, -0.1) is 0 Å². The summed E-state index contributed by atoms with van der Waals surface area (Å²) in [6.07, 6.45) is -2.71. The summed E-state index contributed by atoms with van der Waals surface area (Å²) in [5.41, 5.74) is 2.01. The van der Waals surface area contributed by atoms with E-state index in [-0.39, 0.29) is 20.6 Å². The third-order valence-corrected chi connectivity index (χ3v) is 5.84. The van der Waals surface area contributed by atoms with Gasteiger partial charge in [0.25, 0.3) is 0 Å². The van der Waals surface area contributed by atoms with E-state index in [0.717, 1.165) is 28.8 Å². The zero-order chi connectivity index (χ0) is 18.6. The van der Waals surface area contributed by atoms with Crippen molar-refractivity contribution in [1.82, 2.24) is 9.78 Å². The van der Waals surface area contributed by atoms with Crippen LogP contribution in [0.5, 0.6) is 0 Å². The number of benzene rings is 1. The maximum Gasteiger partial charge on any atom is 0.435 e. The van der Waals surface area contributed by atoms with Gasteiger partial charge in [-0.05, 0) is 51.4 Å². The van der Waals surface area contributed by atoms with Crippen molar-refractivity contribution >= 4 is 38.8 Å². The van der Waals surface area contributed by atoms with Crippen LogP contribution in [0, 0.1) is 0 Å². The van der Waals surface area contributed by atoms with Gasteiger partial charge in [-0.25, -0.2) is 0 Å². The van der Waals surface area contributed by atoms with Crippen LogP contribution in [0.4, 0.5) is 18.9 Å². The summed E-state index contributed by atoms with van der Waals surface area (Å²) in [5.74, 6) is 0. The molecule has 0 aliphatic heterocycles. The Bertz CT molecular complexity index is 856. The van der Waals surface area contributed by atoms with Crippen molar-refractivity contribution in [3.05, 3.63) is 45.2 Å². The maximum absolute atomic E-state index is 13.3. The van der Waals surface area contributed by atoms with Gasteiger partial charge < -0.3 is 5.32 Å². The van der Waals surface area contributed by atoms with Gasteiger partial charge in [0.15, 0.2) is 5.69 Å². The highest BCUT2D eigenvalue weighted by molar-refractivity contribution is 9.10. The molecule has 1 aromatic carbocycles. The average molecular weight is 432 g/mol. The van der Waals surface area contributed by atoms with Crippen LogP contribution in [0.2, 0.25) is 0 Å². The van der Waals surface area contributed by atoms with Crippen molar-refractivity contribution < 1.29 is 13.2 Å². The topological polar surface area (TPSA) is 29.9 Å². The Morgan fingerprint density at radius 3 is 2.68 bits per heavy atom. The van der Waals surface area contributed by atoms with E-state index >= 15 is 0 Å². The molecule has 1 heterocycles. The first-order chi connectivity index (χ1) is 11.5. The SMILES string of the molecule is Cn1nc(C(F)(F)F)c(C(=S)Nc2cccc3c2CCC3(C)C)c1Br. The van der Waals surface area contributed by atoms with E-state index in [0.29, 0.717) is 0 Å². The molecule has 25 heavy (non-hydrogen) atoms. The van der Waals surface area contributed by atoms with E-state index in [1.54, 1.807) is 0 Å². The summed E-state index contributed by atoms with van der Waals surface area (Å²) in [6.45, 7) is 4.33. The Kier molecular flexibility index (Phi) is 4.48. The van der Waals surface area contributed by atoms with E-state index in [9.17, 15) is 13.2 Å². The van der Waals surface area contributed by atoms with E-state index in [4.69, 9.17) is 12.2 Å². The van der Waals surface area contributed by atoms with Crippen LogP contribution in [0.3, 0.4) is 0 Å². The minimum Gasteiger partial charge on any atom is -0.346 e. The first-order valence-corrected chi connectivity index (χ1v) is 8.96. The number of thiocarbonyl (C=S) groups is 1. The average Bonchev–Trinajstić information content (AvgIpc) is 2.98. The van der Waals surface area contributed by atoms with Crippen molar-refractivity contribution in [3.63, 3.8) is 0 Å². The van der Waals surface area contributed by atoms with E-state index in [1.807, 2.05) is 12.1 Å².